The second kappa shape index (κ2) is 8.33. The Morgan fingerprint density at radius 1 is 1.42 bits per heavy atom. The number of piperidine rings is 1. The lowest BCUT2D eigenvalue weighted by Crippen LogP contribution is -2.58. The van der Waals surface area contributed by atoms with E-state index in [1.54, 1.807) is 11.8 Å². The summed E-state index contributed by atoms with van der Waals surface area (Å²) in [6, 6.07) is 1.89. The fraction of sp³-hybridized carbons (Fsp3) is 0.588. The van der Waals surface area contributed by atoms with Crippen molar-refractivity contribution in [2.45, 2.75) is 24.9 Å². The van der Waals surface area contributed by atoms with Gasteiger partial charge in [-0.15, -0.1) is 0 Å². The minimum absolute atomic E-state index is 0.00293. The molecule has 3 heterocycles. The Morgan fingerprint density at radius 3 is 2.85 bits per heavy atom. The second-order valence-corrected chi connectivity index (χ2v) is 6.71. The number of rotatable bonds is 8. The quantitative estimate of drug-likeness (QED) is 0.587. The topological polar surface area (TPSA) is 100 Å². The molecule has 0 radical (unpaired) electrons. The maximum absolute atomic E-state index is 12.9. The molecule has 0 aliphatic carbocycles. The van der Waals surface area contributed by atoms with Gasteiger partial charge in [-0.05, 0) is 12.8 Å². The van der Waals surface area contributed by atoms with Gasteiger partial charge >= 0.3 is 0 Å². The zero-order valence-corrected chi connectivity index (χ0v) is 15.4. The van der Waals surface area contributed by atoms with Crippen LogP contribution >= 0.6 is 0 Å². The van der Waals surface area contributed by atoms with Crippen LogP contribution in [0.3, 0.4) is 0 Å². The van der Waals surface area contributed by atoms with E-state index in [9.17, 15) is 4.79 Å². The number of ether oxygens (including phenoxy) is 1. The minimum Gasteiger partial charge on any atom is -0.383 e. The number of nitrogens with zero attached hydrogens (tertiary/aromatic N) is 4. The lowest BCUT2D eigenvalue weighted by molar-refractivity contribution is -0.127. The predicted octanol–water partition coefficient (Wildman–Crippen LogP) is 0.352. The van der Waals surface area contributed by atoms with E-state index in [1.807, 2.05) is 31.7 Å². The van der Waals surface area contributed by atoms with Crippen molar-refractivity contribution in [1.29, 1.82) is 0 Å². The van der Waals surface area contributed by atoms with E-state index in [-0.39, 0.29) is 5.91 Å². The summed E-state index contributed by atoms with van der Waals surface area (Å²) in [7, 11) is 3.49. The van der Waals surface area contributed by atoms with E-state index < -0.39 is 5.54 Å². The highest BCUT2D eigenvalue weighted by atomic mass is 16.5. The van der Waals surface area contributed by atoms with Crippen LogP contribution in [-0.2, 0) is 23.1 Å². The van der Waals surface area contributed by atoms with Crippen molar-refractivity contribution >= 4 is 11.7 Å². The Labute approximate surface area is 153 Å². The summed E-state index contributed by atoms with van der Waals surface area (Å²) in [4.78, 5) is 15.3. The summed E-state index contributed by atoms with van der Waals surface area (Å²) in [6.45, 7) is 3.48. The second-order valence-electron chi connectivity index (χ2n) is 6.71. The lowest BCUT2D eigenvalue weighted by Gasteiger charge is -2.41. The molecule has 0 spiro atoms. The SMILES string of the molecule is COCCNC(=O)C1(Nc2ccn(C)n2)CCN(Cc2cn[nH]c2)CC1. The number of nitrogens with one attached hydrogen (secondary N) is 3. The average Bonchev–Trinajstić information content (AvgIpc) is 3.28. The molecule has 3 N–H and O–H groups in total. The molecular formula is C17H27N7O2. The summed E-state index contributed by atoms with van der Waals surface area (Å²) in [6.07, 6.45) is 7.03. The van der Waals surface area contributed by atoms with Crippen molar-refractivity contribution in [2.75, 3.05) is 38.7 Å². The highest BCUT2D eigenvalue weighted by Crippen LogP contribution is 2.27. The zero-order valence-electron chi connectivity index (χ0n) is 15.4. The average molecular weight is 361 g/mol. The number of aromatic amines is 1. The molecule has 2 aromatic heterocycles. The van der Waals surface area contributed by atoms with Gasteiger partial charge in [-0.3, -0.25) is 19.5 Å². The molecule has 0 unspecified atom stereocenters. The Hall–Kier alpha value is -2.39. The molecule has 0 bridgehead atoms. The molecule has 1 aliphatic rings. The largest absolute Gasteiger partial charge is 0.383 e. The van der Waals surface area contributed by atoms with Gasteiger partial charge in [0.25, 0.3) is 0 Å². The maximum Gasteiger partial charge on any atom is 0.245 e. The van der Waals surface area contributed by atoms with Crippen molar-refractivity contribution < 1.29 is 9.53 Å². The third-order valence-electron chi connectivity index (χ3n) is 4.78. The van der Waals surface area contributed by atoms with Crippen molar-refractivity contribution in [3.05, 3.63) is 30.2 Å². The van der Waals surface area contributed by atoms with Gasteiger partial charge in [0.15, 0.2) is 0 Å². The van der Waals surface area contributed by atoms with E-state index >= 15 is 0 Å². The molecule has 3 rings (SSSR count). The standard InChI is InChI=1S/C17H27N7O2/c1-23-7-3-15(22-23)21-17(16(25)18-6-10-26-2)4-8-24(9-5-17)13-14-11-19-20-12-14/h3,7,11-12H,4-6,8-10,13H2,1-2H3,(H,18,25)(H,19,20)(H,21,22). The van der Waals surface area contributed by atoms with Crippen LogP contribution in [0.2, 0.25) is 0 Å². The predicted molar refractivity (Wildman–Crippen MR) is 97.5 cm³/mol. The number of anilines is 1. The molecule has 142 valence electrons. The molecule has 1 aliphatic heterocycles. The summed E-state index contributed by atoms with van der Waals surface area (Å²) in [5, 5.41) is 17.6. The van der Waals surface area contributed by atoms with Crippen molar-refractivity contribution in [1.82, 2.24) is 30.2 Å². The first kappa shape index (κ1) is 18.4. The molecule has 1 saturated heterocycles. The van der Waals surface area contributed by atoms with Crippen molar-refractivity contribution in [3.8, 4) is 0 Å². The molecule has 1 amide bonds. The number of aromatic nitrogens is 4. The Balaban J connectivity index is 1.66. The first-order chi connectivity index (χ1) is 12.6. The number of carbonyl (C=O) groups excluding carboxylic acids is 1. The van der Waals surface area contributed by atoms with Crippen LogP contribution in [0.15, 0.2) is 24.7 Å². The zero-order chi connectivity index (χ0) is 18.4. The smallest absolute Gasteiger partial charge is 0.245 e. The molecule has 0 aromatic carbocycles. The highest BCUT2D eigenvalue weighted by molar-refractivity contribution is 5.89. The molecule has 0 atom stereocenters. The van der Waals surface area contributed by atoms with Gasteiger partial charge in [-0.25, -0.2) is 0 Å². The molecule has 0 saturated carbocycles. The van der Waals surface area contributed by atoms with Crippen LogP contribution in [-0.4, -0.2) is 69.7 Å². The Bertz CT molecular complexity index is 690. The van der Waals surface area contributed by atoms with Gasteiger partial charge in [0, 0.05) is 64.4 Å². The van der Waals surface area contributed by atoms with Gasteiger partial charge in [-0.1, -0.05) is 0 Å². The summed E-state index contributed by atoms with van der Waals surface area (Å²) >= 11 is 0. The van der Waals surface area contributed by atoms with Gasteiger partial charge < -0.3 is 15.4 Å². The number of methoxy groups -OCH3 is 1. The summed E-state index contributed by atoms with van der Waals surface area (Å²) in [5.41, 5.74) is 0.495. The Kier molecular flexibility index (Phi) is 5.89. The molecule has 1 fully saturated rings. The minimum atomic E-state index is -0.658. The fourth-order valence-corrected chi connectivity index (χ4v) is 3.29. The monoisotopic (exact) mass is 361 g/mol. The first-order valence-electron chi connectivity index (χ1n) is 8.86. The number of aryl methyl sites for hydroxylation is 1. The normalized spacial score (nSPS) is 17.2. The van der Waals surface area contributed by atoms with E-state index in [4.69, 9.17) is 4.74 Å². The molecule has 9 heteroatoms. The number of H-pyrrole nitrogens is 1. The fourth-order valence-electron chi connectivity index (χ4n) is 3.29. The van der Waals surface area contributed by atoms with E-state index in [0.717, 1.165) is 31.0 Å². The number of carbonyl (C=O) groups is 1. The number of hydrogen-bond donors (Lipinski definition) is 3. The van der Waals surface area contributed by atoms with Crippen LogP contribution in [0.5, 0.6) is 0 Å². The summed E-state index contributed by atoms with van der Waals surface area (Å²) < 4.78 is 6.77. The number of amides is 1. The van der Waals surface area contributed by atoms with Gasteiger partial charge in [0.1, 0.15) is 11.4 Å². The van der Waals surface area contributed by atoms with E-state index in [0.29, 0.717) is 26.0 Å². The first-order valence-corrected chi connectivity index (χ1v) is 8.86. The molecule has 2 aromatic rings. The van der Waals surface area contributed by atoms with Crippen LogP contribution in [0, 0.1) is 0 Å². The van der Waals surface area contributed by atoms with Gasteiger partial charge in [-0.2, -0.15) is 10.2 Å². The molecule has 26 heavy (non-hydrogen) atoms. The number of likely N-dealkylation sites (tertiary alicyclic amines) is 1. The molecular weight excluding hydrogens is 334 g/mol. The highest BCUT2D eigenvalue weighted by Gasteiger charge is 2.41. The number of hydrogen-bond acceptors (Lipinski definition) is 6. The van der Waals surface area contributed by atoms with Crippen LogP contribution in [0.1, 0.15) is 18.4 Å². The van der Waals surface area contributed by atoms with Crippen molar-refractivity contribution in [3.63, 3.8) is 0 Å². The van der Waals surface area contributed by atoms with Gasteiger partial charge in [0.2, 0.25) is 5.91 Å². The van der Waals surface area contributed by atoms with Crippen LogP contribution in [0.4, 0.5) is 5.82 Å². The van der Waals surface area contributed by atoms with Crippen LogP contribution < -0.4 is 10.6 Å². The maximum atomic E-state index is 12.9. The van der Waals surface area contributed by atoms with Crippen molar-refractivity contribution in [2.24, 2.45) is 7.05 Å². The molecule has 9 nitrogen and oxygen atoms in total. The third-order valence-corrected chi connectivity index (χ3v) is 4.78. The van der Waals surface area contributed by atoms with Crippen LogP contribution in [0.25, 0.3) is 0 Å². The van der Waals surface area contributed by atoms with E-state index in [2.05, 4.69) is 30.8 Å². The lowest BCUT2D eigenvalue weighted by atomic mass is 9.86. The third kappa shape index (κ3) is 4.41. The Morgan fingerprint density at radius 2 is 2.23 bits per heavy atom. The summed E-state index contributed by atoms with van der Waals surface area (Å²) in [5.74, 6) is 0.723. The van der Waals surface area contributed by atoms with Gasteiger partial charge in [0.05, 0.1) is 12.8 Å². The van der Waals surface area contributed by atoms with E-state index in [1.165, 1.54) is 0 Å².